The molecule has 0 atom stereocenters. The van der Waals surface area contributed by atoms with Gasteiger partial charge in [-0.05, 0) is 37.5 Å². The minimum Gasteiger partial charge on any atom is -0.356 e. The van der Waals surface area contributed by atoms with Gasteiger partial charge >= 0.3 is 0 Å². The molecule has 0 bridgehead atoms. The highest BCUT2D eigenvalue weighted by molar-refractivity contribution is 7.89. The van der Waals surface area contributed by atoms with Crippen LogP contribution >= 0.6 is 0 Å². The lowest BCUT2D eigenvalue weighted by Crippen LogP contribution is -2.43. The van der Waals surface area contributed by atoms with Crippen molar-refractivity contribution in [3.05, 3.63) is 48.8 Å². The van der Waals surface area contributed by atoms with Gasteiger partial charge in [0, 0.05) is 44.5 Å². The molecule has 0 unspecified atom stereocenters. The van der Waals surface area contributed by atoms with Gasteiger partial charge in [0.1, 0.15) is 0 Å². The molecule has 1 saturated heterocycles. The fourth-order valence-corrected chi connectivity index (χ4v) is 4.62. The molecular weight excluding hydrogens is 352 g/mol. The summed E-state index contributed by atoms with van der Waals surface area (Å²) < 4.78 is 28.5. The van der Waals surface area contributed by atoms with Crippen molar-refractivity contribution in [3.63, 3.8) is 0 Å². The molecule has 2 aromatic rings. The normalized spacial score (nSPS) is 16.5. The van der Waals surface area contributed by atoms with Gasteiger partial charge in [-0.25, -0.2) is 8.42 Å². The maximum Gasteiger partial charge on any atom is 0.243 e. The van der Waals surface area contributed by atoms with Crippen LogP contribution in [0.4, 0.5) is 0 Å². The van der Waals surface area contributed by atoms with Crippen LogP contribution in [0.15, 0.2) is 53.7 Å². The van der Waals surface area contributed by atoms with E-state index in [1.165, 1.54) is 4.31 Å². The largest absolute Gasteiger partial charge is 0.356 e. The summed E-state index contributed by atoms with van der Waals surface area (Å²) in [5, 5.41) is 7.07. The molecule has 26 heavy (non-hydrogen) atoms. The zero-order valence-electron chi connectivity index (χ0n) is 14.6. The molecule has 3 rings (SSSR count). The van der Waals surface area contributed by atoms with Crippen LogP contribution in [0.5, 0.6) is 0 Å². The molecule has 140 valence electrons. The van der Waals surface area contributed by atoms with Crippen molar-refractivity contribution in [2.24, 2.45) is 5.92 Å². The van der Waals surface area contributed by atoms with Crippen molar-refractivity contribution in [1.82, 2.24) is 19.4 Å². The van der Waals surface area contributed by atoms with Gasteiger partial charge in [-0.3, -0.25) is 9.48 Å². The molecule has 1 N–H and O–H groups in total. The maximum absolute atomic E-state index is 12.6. The van der Waals surface area contributed by atoms with Gasteiger partial charge in [-0.15, -0.1) is 0 Å². The molecule has 0 aliphatic carbocycles. The van der Waals surface area contributed by atoms with Crippen molar-refractivity contribution < 1.29 is 13.2 Å². The minimum atomic E-state index is -3.47. The Bertz CT molecular complexity index is 798. The van der Waals surface area contributed by atoms with Gasteiger partial charge in [-0.1, -0.05) is 18.2 Å². The molecule has 1 aromatic heterocycles. The first-order valence-electron chi connectivity index (χ1n) is 8.88. The van der Waals surface area contributed by atoms with Crippen LogP contribution < -0.4 is 5.32 Å². The molecule has 1 aromatic carbocycles. The highest BCUT2D eigenvalue weighted by atomic mass is 32.2. The number of piperidine rings is 1. The third-order valence-corrected chi connectivity index (χ3v) is 6.54. The molecule has 0 spiro atoms. The molecular formula is C18H24N4O3S. The number of nitrogens with one attached hydrogen (secondary N) is 1. The fraction of sp³-hybridized carbons (Fsp3) is 0.444. The Kier molecular flexibility index (Phi) is 6.05. The monoisotopic (exact) mass is 376 g/mol. The summed E-state index contributed by atoms with van der Waals surface area (Å²) in [7, 11) is -3.47. The zero-order valence-corrected chi connectivity index (χ0v) is 15.4. The molecule has 0 radical (unpaired) electrons. The summed E-state index contributed by atoms with van der Waals surface area (Å²) in [5.74, 6) is -0.107. The first kappa shape index (κ1) is 18.6. The van der Waals surface area contributed by atoms with E-state index in [0.29, 0.717) is 37.4 Å². The number of hydrogen-bond donors (Lipinski definition) is 1. The summed E-state index contributed by atoms with van der Waals surface area (Å²) in [6.07, 6.45) is 5.54. The number of aromatic nitrogens is 2. The van der Waals surface area contributed by atoms with E-state index in [9.17, 15) is 13.2 Å². The predicted octanol–water partition coefficient (Wildman–Crippen LogP) is 1.49. The van der Waals surface area contributed by atoms with Crippen molar-refractivity contribution in [1.29, 1.82) is 0 Å². The highest BCUT2D eigenvalue weighted by Crippen LogP contribution is 2.23. The molecule has 7 nitrogen and oxygen atoms in total. The Morgan fingerprint density at radius 3 is 2.54 bits per heavy atom. The standard InChI is InChI=1S/C18H24N4O3S/c23-18(19-10-4-12-21-13-5-11-20-21)16-8-14-22(15-9-16)26(24,25)17-6-2-1-3-7-17/h1-3,5-7,11,13,16H,4,8-10,12,14-15H2,(H,19,23). The first-order valence-corrected chi connectivity index (χ1v) is 10.3. The van der Waals surface area contributed by atoms with Crippen LogP contribution in [0, 0.1) is 5.92 Å². The highest BCUT2D eigenvalue weighted by Gasteiger charge is 2.31. The Balaban J connectivity index is 1.43. The smallest absolute Gasteiger partial charge is 0.243 e. The van der Waals surface area contributed by atoms with E-state index in [0.717, 1.165) is 13.0 Å². The topological polar surface area (TPSA) is 84.3 Å². The zero-order chi connectivity index (χ0) is 18.4. The lowest BCUT2D eigenvalue weighted by atomic mass is 9.97. The van der Waals surface area contributed by atoms with Crippen LogP contribution in [0.1, 0.15) is 19.3 Å². The van der Waals surface area contributed by atoms with Crippen LogP contribution in [-0.4, -0.2) is 48.0 Å². The van der Waals surface area contributed by atoms with Crippen molar-refractivity contribution in [3.8, 4) is 0 Å². The summed E-state index contributed by atoms with van der Waals surface area (Å²) in [4.78, 5) is 12.6. The molecule has 1 amide bonds. The second-order valence-corrected chi connectivity index (χ2v) is 8.34. The SMILES string of the molecule is O=C(NCCCn1cccn1)C1CCN(S(=O)(=O)c2ccccc2)CC1. The Morgan fingerprint density at radius 2 is 1.88 bits per heavy atom. The Labute approximate surface area is 154 Å². The van der Waals surface area contributed by atoms with E-state index in [2.05, 4.69) is 10.4 Å². The summed E-state index contributed by atoms with van der Waals surface area (Å²) >= 11 is 0. The maximum atomic E-state index is 12.6. The number of aryl methyl sites for hydroxylation is 1. The average molecular weight is 376 g/mol. The average Bonchev–Trinajstić information content (AvgIpc) is 3.19. The van der Waals surface area contributed by atoms with Gasteiger partial charge in [-0.2, -0.15) is 9.40 Å². The first-order chi connectivity index (χ1) is 12.6. The van der Waals surface area contributed by atoms with Crippen LogP contribution in [0.2, 0.25) is 0 Å². The lowest BCUT2D eigenvalue weighted by Gasteiger charge is -2.30. The van der Waals surface area contributed by atoms with Gasteiger partial charge in [0.05, 0.1) is 4.90 Å². The number of carbonyl (C=O) groups excluding carboxylic acids is 1. The van der Waals surface area contributed by atoms with E-state index in [4.69, 9.17) is 0 Å². The van der Waals surface area contributed by atoms with Crippen molar-refractivity contribution >= 4 is 15.9 Å². The number of sulfonamides is 1. The van der Waals surface area contributed by atoms with Crippen LogP contribution in [-0.2, 0) is 21.4 Å². The second kappa shape index (κ2) is 8.46. The minimum absolute atomic E-state index is 0.0159. The third-order valence-electron chi connectivity index (χ3n) is 4.63. The van der Waals surface area contributed by atoms with E-state index in [-0.39, 0.29) is 11.8 Å². The summed E-state index contributed by atoms with van der Waals surface area (Å²) in [5.41, 5.74) is 0. The van der Waals surface area contributed by atoms with Gasteiger partial charge in [0.2, 0.25) is 15.9 Å². The summed E-state index contributed by atoms with van der Waals surface area (Å²) in [6.45, 7) is 2.12. The van der Waals surface area contributed by atoms with Gasteiger partial charge in [0.15, 0.2) is 0 Å². The van der Waals surface area contributed by atoms with Gasteiger partial charge < -0.3 is 5.32 Å². The van der Waals surface area contributed by atoms with Crippen molar-refractivity contribution in [2.75, 3.05) is 19.6 Å². The number of amides is 1. The number of hydrogen-bond acceptors (Lipinski definition) is 4. The number of benzene rings is 1. The molecule has 1 aliphatic rings. The third kappa shape index (κ3) is 4.50. The molecule has 2 heterocycles. The number of rotatable bonds is 7. The second-order valence-electron chi connectivity index (χ2n) is 6.41. The van der Waals surface area contributed by atoms with E-state index < -0.39 is 10.0 Å². The Hall–Kier alpha value is -2.19. The molecule has 0 saturated carbocycles. The van der Waals surface area contributed by atoms with E-state index >= 15 is 0 Å². The van der Waals surface area contributed by atoms with E-state index in [1.807, 2.05) is 16.9 Å². The summed E-state index contributed by atoms with van der Waals surface area (Å²) in [6, 6.07) is 10.3. The molecule has 8 heteroatoms. The number of nitrogens with zero attached hydrogens (tertiary/aromatic N) is 3. The van der Waals surface area contributed by atoms with Crippen LogP contribution in [0.25, 0.3) is 0 Å². The molecule has 1 fully saturated rings. The molecule has 1 aliphatic heterocycles. The quantitative estimate of drug-likeness (QED) is 0.742. The Morgan fingerprint density at radius 1 is 1.15 bits per heavy atom. The number of carbonyl (C=O) groups is 1. The van der Waals surface area contributed by atoms with E-state index in [1.54, 1.807) is 36.5 Å². The van der Waals surface area contributed by atoms with Gasteiger partial charge in [0.25, 0.3) is 0 Å². The van der Waals surface area contributed by atoms with Crippen LogP contribution in [0.3, 0.4) is 0 Å². The fourth-order valence-electron chi connectivity index (χ4n) is 3.13. The predicted molar refractivity (Wildman–Crippen MR) is 97.8 cm³/mol. The van der Waals surface area contributed by atoms with Crippen molar-refractivity contribution in [2.45, 2.75) is 30.7 Å². The lowest BCUT2D eigenvalue weighted by molar-refractivity contribution is -0.126.